The quantitative estimate of drug-likeness (QED) is 0.794. The number of anilines is 1. The molecule has 0 N–H and O–H groups in total. The van der Waals surface area contributed by atoms with E-state index in [1.54, 1.807) is 42.5 Å². The summed E-state index contributed by atoms with van der Waals surface area (Å²) in [7, 11) is -0.913. The van der Waals surface area contributed by atoms with Crippen molar-refractivity contribution in [3.8, 4) is 0 Å². The Morgan fingerprint density at radius 3 is 2.27 bits per heavy atom. The van der Waals surface area contributed by atoms with Crippen LogP contribution in [0.3, 0.4) is 0 Å². The van der Waals surface area contributed by atoms with Gasteiger partial charge in [0, 0.05) is 7.05 Å². The molecule has 6 heteroatoms. The maximum absolute atomic E-state index is 12.5. The van der Waals surface area contributed by atoms with E-state index in [4.69, 9.17) is 4.74 Å². The van der Waals surface area contributed by atoms with Crippen molar-refractivity contribution in [2.45, 2.75) is 5.75 Å². The summed E-state index contributed by atoms with van der Waals surface area (Å²) in [5, 5.41) is 0. The Balaban J connectivity index is 2.35. The van der Waals surface area contributed by atoms with Crippen molar-refractivity contribution in [3.63, 3.8) is 0 Å². The highest BCUT2D eigenvalue weighted by atomic mass is 32.2. The maximum atomic E-state index is 12.5. The summed E-state index contributed by atoms with van der Waals surface area (Å²) in [6, 6.07) is 15.3. The van der Waals surface area contributed by atoms with E-state index in [0.717, 1.165) is 4.31 Å². The molecule has 0 heterocycles. The number of hydrogen-bond donors (Lipinski definition) is 0. The van der Waals surface area contributed by atoms with Crippen molar-refractivity contribution >= 4 is 21.7 Å². The van der Waals surface area contributed by atoms with Crippen LogP contribution in [0.2, 0.25) is 0 Å². The first-order valence-corrected chi connectivity index (χ1v) is 8.24. The lowest BCUT2D eigenvalue weighted by molar-refractivity contribution is 0.0601. The number of sulfonamides is 1. The minimum atomic E-state index is -3.61. The summed E-state index contributed by atoms with van der Waals surface area (Å²) < 4.78 is 30.9. The number of nitrogens with zero attached hydrogens (tertiary/aromatic N) is 1. The van der Waals surface area contributed by atoms with Crippen molar-refractivity contribution in [2.24, 2.45) is 0 Å². The molecule has 116 valence electrons. The fraction of sp³-hybridized carbons (Fsp3) is 0.188. The molecule has 0 fully saturated rings. The van der Waals surface area contributed by atoms with Gasteiger partial charge in [-0.1, -0.05) is 42.5 Å². The standard InChI is InChI=1S/C16H17NO4S/c1-17(15-11-7-6-10-14(15)16(18)21-2)22(19,20)12-13-8-4-3-5-9-13/h3-11H,12H2,1-2H3. The van der Waals surface area contributed by atoms with Crippen molar-refractivity contribution < 1.29 is 17.9 Å². The molecule has 22 heavy (non-hydrogen) atoms. The highest BCUT2D eigenvalue weighted by Crippen LogP contribution is 2.24. The summed E-state index contributed by atoms with van der Waals surface area (Å²) in [5.74, 6) is -0.711. The van der Waals surface area contributed by atoms with Crippen LogP contribution in [0.4, 0.5) is 5.69 Å². The van der Waals surface area contributed by atoms with Gasteiger partial charge in [-0.25, -0.2) is 13.2 Å². The number of methoxy groups -OCH3 is 1. The molecular formula is C16H17NO4S. The predicted octanol–water partition coefficient (Wildman–Crippen LogP) is 2.44. The number of benzene rings is 2. The zero-order valence-electron chi connectivity index (χ0n) is 12.4. The lowest BCUT2D eigenvalue weighted by Crippen LogP contribution is -2.29. The number of carbonyl (C=O) groups excluding carboxylic acids is 1. The molecule has 0 aliphatic rings. The molecule has 0 aliphatic heterocycles. The lowest BCUT2D eigenvalue weighted by atomic mass is 10.2. The predicted molar refractivity (Wildman–Crippen MR) is 85.3 cm³/mol. The van der Waals surface area contributed by atoms with Crippen molar-refractivity contribution in [1.82, 2.24) is 0 Å². The monoisotopic (exact) mass is 319 g/mol. The second-order valence-electron chi connectivity index (χ2n) is 4.72. The number of rotatable bonds is 5. The van der Waals surface area contributed by atoms with Crippen LogP contribution in [0, 0.1) is 0 Å². The van der Waals surface area contributed by atoms with Gasteiger partial charge in [0.15, 0.2) is 0 Å². The van der Waals surface area contributed by atoms with E-state index in [0.29, 0.717) is 11.3 Å². The van der Waals surface area contributed by atoms with Crippen LogP contribution < -0.4 is 4.31 Å². The van der Waals surface area contributed by atoms with Crippen molar-refractivity contribution in [2.75, 3.05) is 18.5 Å². The number of esters is 1. The van der Waals surface area contributed by atoms with Crippen molar-refractivity contribution in [1.29, 1.82) is 0 Å². The average molecular weight is 319 g/mol. The zero-order valence-corrected chi connectivity index (χ0v) is 13.2. The molecule has 0 bridgehead atoms. The van der Waals surface area contributed by atoms with Gasteiger partial charge in [-0.05, 0) is 17.7 Å². The summed E-state index contributed by atoms with van der Waals surface area (Å²) in [5.41, 5.74) is 1.19. The Morgan fingerprint density at radius 1 is 1.05 bits per heavy atom. The highest BCUT2D eigenvalue weighted by Gasteiger charge is 2.23. The maximum Gasteiger partial charge on any atom is 0.340 e. The summed E-state index contributed by atoms with van der Waals surface area (Å²) in [6.45, 7) is 0. The van der Waals surface area contributed by atoms with E-state index in [9.17, 15) is 13.2 Å². The number of ether oxygens (including phenoxy) is 1. The van der Waals surface area contributed by atoms with E-state index in [1.807, 2.05) is 6.07 Å². The molecule has 0 spiro atoms. The van der Waals surface area contributed by atoms with Gasteiger partial charge in [0.1, 0.15) is 0 Å². The number of carbonyl (C=O) groups is 1. The minimum absolute atomic E-state index is 0.139. The molecule has 0 radical (unpaired) electrons. The van der Waals surface area contributed by atoms with Crippen molar-refractivity contribution in [3.05, 3.63) is 65.7 Å². The average Bonchev–Trinajstić information content (AvgIpc) is 2.54. The molecule has 2 aromatic carbocycles. The molecule has 0 atom stereocenters. The van der Waals surface area contributed by atoms with E-state index < -0.39 is 16.0 Å². The Bertz CT molecular complexity index is 757. The number of hydrogen-bond acceptors (Lipinski definition) is 4. The largest absolute Gasteiger partial charge is 0.465 e. The van der Waals surface area contributed by atoms with Crippen LogP contribution >= 0.6 is 0 Å². The minimum Gasteiger partial charge on any atom is -0.465 e. The Hall–Kier alpha value is -2.34. The summed E-state index contributed by atoms with van der Waals surface area (Å²) >= 11 is 0. The first-order chi connectivity index (χ1) is 10.5. The van der Waals surface area contributed by atoms with Gasteiger partial charge in [-0.2, -0.15) is 0 Å². The van der Waals surface area contributed by atoms with Crippen LogP contribution in [-0.2, 0) is 20.5 Å². The molecule has 5 nitrogen and oxygen atoms in total. The lowest BCUT2D eigenvalue weighted by Gasteiger charge is -2.21. The first-order valence-electron chi connectivity index (χ1n) is 6.63. The van der Waals surface area contributed by atoms with Gasteiger partial charge in [0.2, 0.25) is 10.0 Å². The number of para-hydroxylation sites is 1. The molecular weight excluding hydrogens is 302 g/mol. The molecule has 2 aromatic rings. The van der Waals surface area contributed by atoms with Crippen LogP contribution in [-0.4, -0.2) is 28.5 Å². The van der Waals surface area contributed by atoms with E-state index in [-0.39, 0.29) is 11.3 Å². The Labute approximate surface area is 130 Å². The topological polar surface area (TPSA) is 63.7 Å². The third-order valence-electron chi connectivity index (χ3n) is 3.26. The van der Waals surface area contributed by atoms with Gasteiger partial charge in [-0.15, -0.1) is 0 Å². The molecule has 2 rings (SSSR count). The normalized spacial score (nSPS) is 11.0. The molecule has 0 amide bonds. The van der Waals surface area contributed by atoms with Gasteiger partial charge in [0.05, 0.1) is 24.1 Å². The molecule has 0 aromatic heterocycles. The molecule has 0 saturated carbocycles. The Kier molecular flexibility index (Phi) is 4.82. The van der Waals surface area contributed by atoms with Gasteiger partial charge < -0.3 is 4.74 Å². The molecule has 0 saturated heterocycles. The SMILES string of the molecule is COC(=O)c1ccccc1N(C)S(=O)(=O)Cc1ccccc1. The van der Waals surface area contributed by atoms with Gasteiger partial charge >= 0.3 is 5.97 Å². The van der Waals surface area contributed by atoms with Gasteiger partial charge in [0.25, 0.3) is 0 Å². The third-order valence-corrected chi connectivity index (χ3v) is 4.99. The van der Waals surface area contributed by atoms with Crippen LogP contribution in [0.15, 0.2) is 54.6 Å². The van der Waals surface area contributed by atoms with Gasteiger partial charge in [-0.3, -0.25) is 4.31 Å². The smallest absolute Gasteiger partial charge is 0.340 e. The summed E-state index contributed by atoms with van der Waals surface area (Å²) in [4.78, 5) is 11.8. The molecule has 0 aliphatic carbocycles. The fourth-order valence-corrected chi connectivity index (χ4v) is 3.33. The second-order valence-corrected chi connectivity index (χ2v) is 6.72. The van der Waals surface area contributed by atoms with Crippen LogP contribution in [0.25, 0.3) is 0 Å². The zero-order chi connectivity index (χ0) is 16.2. The first kappa shape index (κ1) is 16.0. The van der Waals surface area contributed by atoms with Crippen LogP contribution in [0.5, 0.6) is 0 Å². The van der Waals surface area contributed by atoms with Crippen LogP contribution in [0.1, 0.15) is 15.9 Å². The highest BCUT2D eigenvalue weighted by molar-refractivity contribution is 7.92. The van der Waals surface area contributed by atoms with E-state index in [2.05, 4.69) is 0 Å². The third kappa shape index (κ3) is 3.46. The molecule has 0 unspecified atom stereocenters. The van der Waals surface area contributed by atoms with E-state index >= 15 is 0 Å². The Morgan fingerprint density at radius 2 is 1.64 bits per heavy atom. The van der Waals surface area contributed by atoms with E-state index in [1.165, 1.54) is 20.2 Å². The fourth-order valence-electron chi connectivity index (χ4n) is 2.06. The second kappa shape index (κ2) is 6.62. The summed E-state index contributed by atoms with van der Waals surface area (Å²) in [6.07, 6.45) is 0.